The van der Waals surface area contributed by atoms with Gasteiger partial charge in [-0.3, -0.25) is 14.7 Å². The second-order valence-electron chi connectivity index (χ2n) is 5.19. The molecule has 3 nitrogen and oxygen atoms in total. The predicted octanol–water partition coefficient (Wildman–Crippen LogP) is 2.76. The molecule has 0 unspecified atom stereocenters. The quantitative estimate of drug-likeness (QED) is 0.776. The first-order valence-electron chi connectivity index (χ1n) is 6.00. The van der Waals surface area contributed by atoms with Gasteiger partial charge in [-0.25, -0.2) is 0 Å². The summed E-state index contributed by atoms with van der Waals surface area (Å²) in [7, 11) is 3.83. The number of carbonyl (C=O) groups excluding carboxylic acids is 1. The van der Waals surface area contributed by atoms with Crippen molar-refractivity contribution in [2.24, 2.45) is 0 Å². The van der Waals surface area contributed by atoms with Crippen LogP contribution in [0.15, 0.2) is 36.5 Å². The van der Waals surface area contributed by atoms with E-state index in [-0.39, 0.29) is 5.78 Å². The normalized spacial score (nSPS) is 12.1. The Bertz CT molecular complexity index is 588. The highest BCUT2D eigenvalue weighted by Gasteiger charge is 2.30. The minimum atomic E-state index is -0.504. The number of ketones is 1. The number of aromatic nitrogens is 1. The van der Waals surface area contributed by atoms with Crippen LogP contribution in [0, 0.1) is 0 Å². The Labute approximate surface area is 107 Å². The maximum atomic E-state index is 12.5. The molecule has 0 atom stereocenters. The Morgan fingerprint density at radius 1 is 1.22 bits per heavy atom. The summed E-state index contributed by atoms with van der Waals surface area (Å²) in [4.78, 5) is 18.7. The van der Waals surface area contributed by atoms with E-state index in [0.717, 1.165) is 16.5 Å². The van der Waals surface area contributed by atoms with Gasteiger partial charge in [0.05, 0.1) is 11.1 Å². The highest BCUT2D eigenvalue weighted by molar-refractivity contribution is 6.04. The zero-order valence-corrected chi connectivity index (χ0v) is 11.3. The molecule has 0 aliphatic heterocycles. The molecule has 1 aromatic heterocycles. The molecule has 0 amide bonds. The summed E-state index contributed by atoms with van der Waals surface area (Å²) in [5.74, 6) is 0.123. The Hall–Kier alpha value is -1.74. The molecular formula is C15H18N2O. The van der Waals surface area contributed by atoms with Gasteiger partial charge in [-0.2, -0.15) is 0 Å². The molecule has 0 aliphatic carbocycles. The molecule has 3 heteroatoms. The fourth-order valence-electron chi connectivity index (χ4n) is 1.77. The minimum absolute atomic E-state index is 0.123. The van der Waals surface area contributed by atoms with Gasteiger partial charge in [-0.05, 0) is 52.2 Å². The number of hydrogen-bond acceptors (Lipinski definition) is 3. The summed E-state index contributed by atoms with van der Waals surface area (Å²) >= 11 is 0. The Balaban J connectivity index is 2.46. The highest BCUT2D eigenvalue weighted by Crippen LogP contribution is 2.21. The monoisotopic (exact) mass is 242 g/mol. The van der Waals surface area contributed by atoms with E-state index in [1.807, 2.05) is 63.2 Å². The molecular weight excluding hydrogens is 224 g/mol. The van der Waals surface area contributed by atoms with Crippen LogP contribution in [-0.2, 0) is 0 Å². The van der Waals surface area contributed by atoms with Crippen LogP contribution in [0.1, 0.15) is 24.2 Å². The molecule has 2 rings (SSSR count). The molecule has 0 fully saturated rings. The maximum Gasteiger partial charge on any atom is 0.182 e. The van der Waals surface area contributed by atoms with Crippen molar-refractivity contribution in [1.29, 1.82) is 0 Å². The van der Waals surface area contributed by atoms with Crippen LogP contribution >= 0.6 is 0 Å². The topological polar surface area (TPSA) is 33.2 Å². The lowest BCUT2D eigenvalue weighted by atomic mass is 9.91. The number of benzene rings is 1. The van der Waals surface area contributed by atoms with Gasteiger partial charge in [-0.1, -0.05) is 6.07 Å². The first-order chi connectivity index (χ1) is 8.43. The third kappa shape index (κ3) is 2.14. The van der Waals surface area contributed by atoms with Gasteiger partial charge in [0.2, 0.25) is 0 Å². The first-order valence-corrected chi connectivity index (χ1v) is 6.00. The van der Waals surface area contributed by atoms with Crippen molar-refractivity contribution in [3.8, 4) is 0 Å². The van der Waals surface area contributed by atoms with Gasteiger partial charge in [-0.15, -0.1) is 0 Å². The van der Waals surface area contributed by atoms with Crippen molar-refractivity contribution in [2.75, 3.05) is 14.1 Å². The fourth-order valence-corrected chi connectivity index (χ4v) is 1.77. The third-order valence-corrected chi connectivity index (χ3v) is 3.54. The fraction of sp³-hybridized carbons (Fsp3) is 0.333. The van der Waals surface area contributed by atoms with Gasteiger partial charge in [0.25, 0.3) is 0 Å². The summed E-state index contributed by atoms with van der Waals surface area (Å²) in [5, 5.41) is 0.998. The largest absolute Gasteiger partial charge is 0.297 e. The molecule has 0 aliphatic rings. The molecule has 0 radical (unpaired) electrons. The van der Waals surface area contributed by atoms with Gasteiger partial charge in [0.15, 0.2) is 5.78 Å². The van der Waals surface area contributed by atoms with Gasteiger partial charge >= 0.3 is 0 Å². The van der Waals surface area contributed by atoms with E-state index < -0.39 is 5.54 Å². The van der Waals surface area contributed by atoms with E-state index in [0.29, 0.717) is 0 Å². The van der Waals surface area contributed by atoms with E-state index in [9.17, 15) is 4.79 Å². The average Bonchev–Trinajstić information content (AvgIpc) is 2.37. The summed E-state index contributed by atoms with van der Waals surface area (Å²) in [5.41, 5.74) is 1.14. The van der Waals surface area contributed by atoms with Crippen LogP contribution < -0.4 is 0 Å². The zero-order chi connectivity index (χ0) is 13.3. The molecule has 0 bridgehead atoms. The lowest BCUT2D eigenvalue weighted by Crippen LogP contribution is -2.45. The standard InChI is InChI=1S/C15H18N2O/c1-15(2,17(3)4)14(18)12-7-8-13-11(10-12)6-5-9-16-13/h5-10H,1-4H3. The van der Waals surface area contributed by atoms with Gasteiger partial charge in [0, 0.05) is 17.1 Å². The maximum absolute atomic E-state index is 12.5. The van der Waals surface area contributed by atoms with E-state index in [1.165, 1.54) is 0 Å². The van der Waals surface area contributed by atoms with Crippen LogP contribution in [0.3, 0.4) is 0 Å². The van der Waals surface area contributed by atoms with E-state index in [4.69, 9.17) is 0 Å². The van der Waals surface area contributed by atoms with Crippen molar-refractivity contribution in [3.05, 3.63) is 42.1 Å². The smallest absolute Gasteiger partial charge is 0.182 e. The van der Waals surface area contributed by atoms with Crippen LogP contribution in [0.4, 0.5) is 0 Å². The molecule has 1 aromatic carbocycles. The van der Waals surface area contributed by atoms with E-state index >= 15 is 0 Å². The van der Waals surface area contributed by atoms with Crippen molar-refractivity contribution in [2.45, 2.75) is 19.4 Å². The number of rotatable bonds is 3. The highest BCUT2D eigenvalue weighted by atomic mass is 16.1. The number of nitrogens with zero attached hydrogens (tertiary/aromatic N) is 2. The zero-order valence-electron chi connectivity index (χ0n) is 11.3. The SMILES string of the molecule is CN(C)C(C)(C)C(=O)c1ccc2ncccc2c1. The van der Waals surface area contributed by atoms with Crippen molar-refractivity contribution < 1.29 is 4.79 Å². The lowest BCUT2D eigenvalue weighted by Gasteiger charge is -2.30. The number of hydrogen-bond donors (Lipinski definition) is 0. The summed E-state index contributed by atoms with van der Waals surface area (Å²) in [6, 6.07) is 9.52. The van der Waals surface area contributed by atoms with E-state index in [1.54, 1.807) is 6.20 Å². The molecule has 0 N–H and O–H groups in total. The number of carbonyl (C=O) groups is 1. The molecule has 0 saturated heterocycles. The van der Waals surface area contributed by atoms with Crippen LogP contribution in [-0.4, -0.2) is 35.3 Å². The first kappa shape index (κ1) is 12.7. The number of pyridine rings is 1. The Kier molecular flexibility index (Phi) is 3.18. The average molecular weight is 242 g/mol. The van der Waals surface area contributed by atoms with Crippen molar-refractivity contribution in [1.82, 2.24) is 9.88 Å². The molecule has 0 saturated carbocycles. The third-order valence-electron chi connectivity index (χ3n) is 3.54. The van der Waals surface area contributed by atoms with E-state index in [2.05, 4.69) is 4.98 Å². The predicted molar refractivity (Wildman–Crippen MR) is 73.8 cm³/mol. The molecule has 2 aromatic rings. The van der Waals surface area contributed by atoms with Crippen LogP contribution in [0.25, 0.3) is 10.9 Å². The van der Waals surface area contributed by atoms with Crippen LogP contribution in [0.2, 0.25) is 0 Å². The summed E-state index contributed by atoms with van der Waals surface area (Å²) < 4.78 is 0. The Morgan fingerprint density at radius 2 is 1.94 bits per heavy atom. The molecule has 94 valence electrons. The number of likely N-dealkylation sites (N-methyl/N-ethyl adjacent to an activating group) is 1. The second-order valence-corrected chi connectivity index (χ2v) is 5.19. The van der Waals surface area contributed by atoms with Crippen molar-refractivity contribution >= 4 is 16.7 Å². The molecule has 18 heavy (non-hydrogen) atoms. The number of Topliss-reactive ketones (excluding diaryl/α,β-unsaturated/α-hetero) is 1. The Morgan fingerprint density at radius 3 is 2.61 bits per heavy atom. The van der Waals surface area contributed by atoms with Gasteiger partial charge < -0.3 is 0 Å². The van der Waals surface area contributed by atoms with Crippen LogP contribution in [0.5, 0.6) is 0 Å². The molecule has 1 heterocycles. The second kappa shape index (κ2) is 4.50. The lowest BCUT2D eigenvalue weighted by molar-refractivity contribution is 0.0755. The minimum Gasteiger partial charge on any atom is -0.297 e. The van der Waals surface area contributed by atoms with Crippen molar-refractivity contribution in [3.63, 3.8) is 0 Å². The van der Waals surface area contributed by atoms with Gasteiger partial charge in [0.1, 0.15) is 0 Å². The number of fused-ring (bicyclic) bond motifs is 1. The molecule has 0 spiro atoms. The summed E-state index contributed by atoms with van der Waals surface area (Å²) in [6.45, 7) is 3.87. The summed E-state index contributed by atoms with van der Waals surface area (Å²) in [6.07, 6.45) is 1.76.